The molecule has 2 nitrogen and oxygen atoms in total. The van der Waals surface area contributed by atoms with E-state index in [2.05, 4.69) is 38.0 Å². The first-order valence-electron chi connectivity index (χ1n) is 7.66. The molecule has 1 aliphatic rings. The van der Waals surface area contributed by atoms with Crippen molar-refractivity contribution in [3.63, 3.8) is 0 Å². The first kappa shape index (κ1) is 15.0. The third kappa shape index (κ3) is 4.03. The molecule has 19 heavy (non-hydrogen) atoms. The number of nitrogens with one attached hydrogen (secondary N) is 1. The fourth-order valence-corrected chi connectivity index (χ4v) is 3.82. The van der Waals surface area contributed by atoms with Gasteiger partial charge >= 0.3 is 0 Å². The number of nitrogens with zero attached hydrogens (tertiary/aromatic N) is 1. The second kappa shape index (κ2) is 6.36. The summed E-state index contributed by atoms with van der Waals surface area (Å²) in [7, 11) is 0. The van der Waals surface area contributed by atoms with Crippen molar-refractivity contribution >= 4 is 11.3 Å². The summed E-state index contributed by atoms with van der Waals surface area (Å²) in [5.41, 5.74) is 0.525. The minimum absolute atomic E-state index is 0.525. The van der Waals surface area contributed by atoms with Gasteiger partial charge < -0.3 is 5.32 Å². The molecule has 0 saturated heterocycles. The first-order chi connectivity index (χ1) is 9.01. The van der Waals surface area contributed by atoms with Crippen LogP contribution in [0, 0.1) is 18.3 Å². The molecule has 0 aliphatic heterocycles. The van der Waals surface area contributed by atoms with Crippen LogP contribution >= 0.6 is 11.3 Å². The molecule has 0 radical (unpaired) electrons. The van der Waals surface area contributed by atoms with E-state index in [4.69, 9.17) is 0 Å². The van der Waals surface area contributed by atoms with Crippen LogP contribution in [-0.2, 0) is 6.54 Å². The Hall–Kier alpha value is -0.410. The molecule has 0 aromatic carbocycles. The van der Waals surface area contributed by atoms with Crippen molar-refractivity contribution in [1.29, 1.82) is 0 Å². The summed E-state index contributed by atoms with van der Waals surface area (Å²) in [4.78, 5) is 5.73. The zero-order valence-corrected chi connectivity index (χ0v) is 13.6. The van der Waals surface area contributed by atoms with Crippen molar-refractivity contribution in [3.8, 4) is 0 Å². The minimum Gasteiger partial charge on any atom is -0.308 e. The largest absolute Gasteiger partial charge is 0.308 e. The minimum atomic E-state index is 0.525. The fraction of sp³-hybridized carbons (Fsp3) is 0.812. The molecular formula is C16H28N2S. The van der Waals surface area contributed by atoms with Crippen LogP contribution in [0.5, 0.6) is 0 Å². The third-order valence-electron chi connectivity index (χ3n) is 4.95. The second-order valence-corrected chi connectivity index (χ2v) is 7.96. The second-order valence-electron chi connectivity index (χ2n) is 6.64. The lowest BCUT2D eigenvalue weighted by molar-refractivity contribution is 0.137. The average Bonchev–Trinajstić information content (AvgIpc) is 2.83. The van der Waals surface area contributed by atoms with Gasteiger partial charge in [0.25, 0.3) is 0 Å². The predicted octanol–water partition coefficient (Wildman–Crippen LogP) is 4.54. The molecule has 1 fully saturated rings. The lowest BCUT2D eigenvalue weighted by Crippen LogP contribution is -2.36. The van der Waals surface area contributed by atoms with E-state index >= 15 is 0 Å². The summed E-state index contributed by atoms with van der Waals surface area (Å²) in [6, 6.07) is 0.702. The zero-order chi connectivity index (χ0) is 13.9. The van der Waals surface area contributed by atoms with Gasteiger partial charge in [-0.1, -0.05) is 27.2 Å². The molecule has 1 heterocycles. The first-order valence-corrected chi connectivity index (χ1v) is 8.47. The van der Waals surface area contributed by atoms with Crippen molar-refractivity contribution in [1.82, 2.24) is 10.3 Å². The quantitative estimate of drug-likeness (QED) is 0.856. The SMILES string of the molecule is CCC(C)(C)C1CCC(NCc2ncc(C)s2)CC1. The van der Waals surface area contributed by atoms with Gasteiger partial charge in [-0.15, -0.1) is 11.3 Å². The van der Waals surface area contributed by atoms with E-state index < -0.39 is 0 Å². The molecule has 108 valence electrons. The molecular weight excluding hydrogens is 252 g/mol. The molecule has 0 atom stereocenters. The number of aromatic nitrogens is 1. The van der Waals surface area contributed by atoms with Gasteiger partial charge in [0.05, 0.1) is 0 Å². The normalized spacial score (nSPS) is 24.6. The van der Waals surface area contributed by atoms with Crippen molar-refractivity contribution in [2.75, 3.05) is 0 Å². The molecule has 1 N–H and O–H groups in total. The molecule has 1 aliphatic carbocycles. The number of aryl methyl sites for hydroxylation is 1. The number of thiazole rings is 1. The van der Waals surface area contributed by atoms with Crippen LogP contribution in [0.4, 0.5) is 0 Å². The van der Waals surface area contributed by atoms with E-state index in [0.29, 0.717) is 11.5 Å². The highest BCUT2D eigenvalue weighted by Gasteiger charge is 2.31. The van der Waals surface area contributed by atoms with Crippen LogP contribution < -0.4 is 5.32 Å². The van der Waals surface area contributed by atoms with Crippen LogP contribution in [0.15, 0.2) is 6.20 Å². The molecule has 1 saturated carbocycles. The molecule has 0 unspecified atom stereocenters. The Bertz CT molecular complexity index is 389. The lowest BCUT2D eigenvalue weighted by Gasteiger charge is -2.39. The Morgan fingerprint density at radius 2 is 2.00 bits per heavy atom. The van der Waals surface area contributed by atoms with E-state index in [1.807, 2.05) is 17.5 Å². The maximum atomic E-state index is 4.42. The highest BCUT2D eigenvalue weighted by Crippen LogP contribution is 2.40. The highest BCUT2D eigenvalue weighted by atomic mass is 32.1. The van der Waals surface area contributed by atoms with Gasteiger partial charge in [-0.25, -0.2) is 4.98 Å². The fourth-order valence-electron chi connectivity index (χ4n) is 3.08. The Kier molecular flexibility index (Phi) is 5.02. The van der Waals surface area contributed by atoms with Gasteiger partial charge in [0.2, 0.25) is 0 Å². The summed E-state index contributed by atoms with van der Waals surface area (Å²) in [5.74, 6) is 0.914. The summed E-state index contributed by atoms with van der Waals surface area (Å²) in [6.07, 6.45) is 8.71. The lowest BCUT2D eigenvalue weighted by atomic mass is 9.69. The van der Waals surface area contributed by atoms with Gasteiger partial charge in [-0.2, -0.15) is 0 Å². The van der Waals surface area contributed by atoms with Gasteiger partial charge in [0, 0.05) is 23.7 Å². The number of rotatable bonds is 5. The van der Waals surface area contributed by atoms with Gasteiger partial charge in [0.15, 0.2) is 0 Å². The monoisotopic (exact) mass is 280 g/mol. The van der Waals surface area contributed by atoms with Crippen molar-refractivity contribution < 1.29 is 0 Å². The van der Waals surface area contributed by atoms with E-state index in [-0.39, 0.29) is 0 Å². The van der Waals surface area contributed by atoms with Gasteiger partial charge in [0.1, 0.15) is 5.01 Å². The van der Waals surface area contributed by atoms with E-state index in [1.165, 1.54) is 42.0 Å². The van der Waals surface area contributed by atoms with Crippen LogP contribution in [0.25, 0.3) is 0 Å². The van der Waals surface area contributed by atoms with Crippen LogP contribution in [-0.4, -0.2) is 11.0 Å². The maximum absolute atomic E-state index is 4.42. The summed E-state index contributed by atoms with van der Waals surface area (Å²) >= 11 is 1.81. The van der Waals surface area contributed by atoms with E-state index in [9.17, 15) is 0 Å². The summed E-state index contributed by atoms with van der Waals surface area (Å²) in [5, 5.41) is 4.92. The molecule has 0 bridgehead atoms. The van der Waals surface area contributed by atoms with Crippen molar-refractivity contribution in [2.45, 2.75) is 72.4 Å². The predicted molar refractivity (Wildman–Crippen MR) is 83.5 cm³/mol. The molecule has 1 aromatic rings. The van der Waals surface area contributed by atoms with Crippen LogP contribution in [0.3, 0.4) is 0 Å². The van der Waals surface area contributed by atoms with Crippen molar-refractivity contribution in [3.05, 3.63) is 16.1 Å². The molecule has 1 aromatic heterocycles. The van der Waals surface area contributed by atoms with Crippen molar-refractivity contribution in [2.24, 2.45) is 11.3 Å². The molecule has 0 spiro atoms. The topological polar surface area (TPSA) is 24.9 Å². The Morgan fingerprint density at radius 1 is 1.32 bits per heavy atom. The molecule has 2 rings (SSSR count). The van der Waals surface area contributed by atoms with Crippen LogP contribution in [0.2, 0.25) is 0 Å². The summed E-state index contributed by atoms with van der Waals surface area (Å²) in [6.45, 7) is 10.3. The Morgan fingerprint density at radius 3 is 2.53 bits per heavy atom. The van der Waals surface area contributed by atoms with E-state index in [0.717, 1.165) is 12.5 Å². The Labute approximate surface area is 122 Å². The smallest absolute Gasteiger partial charge is 0.107 e. The number of hydrogen-bond acceptors (Lipinski definition) is 3. The van der Waals surface area contributed by atoms with Crippen LogP contribution in [0.1, 0.15) is 62.8 Å². The summed E-state index contributed by atoms with van der Waals surface area (Å²) < 4.78 is 0. The molecule has 0 amide bonds. The Balaban J connectivity index is 1.74. The standard InChI is InChI=1S/C16H28N2S/c1-5-16(3,4)13-6-8-14(9-7-13)17-11-15-18-10-12(2)19-15/h10,13-14,17H,5-9,11H2,1-4H3. The average molecular weight is 280 g/mol. The van der Waals surface area contributed by atoms with Gasteiger partial charge in [-0.05, 0) is 43.9 Å². The zero-order valence-electron chi connectivity index (χ0n) is 12.8. The molecule has 3 heteroatoms. The third-order valence-corrected chi connectivity index (χ3v) is 5.87. The number of hydrogen-bond donors (Lipinski definition) is 1. The maximum Gasteiger partial charge on any atom is 0.107 e. The van der Waals surface area contributed by atoms with Gasteiger partial charge in [-0.3, -0.25) is 0 Å². The highest BCUT2D eigenvalue weighted by molar-refractivity contribution is 7.11. The van der Waals surface area contributed by atoms with E-state index in [1.54, 1.807) is 0 Å².